The molecule has 2 amide bonds. The van der Waals surface area contributed by atoms with Crippen LogP contribution in [0.4, 0.5) is 8.78 Å². The van der Waals surface area contributed by atoms with Crippen molar-refractivity contribution in [2.24, 2.45) is 5.92 Å². The average molecular weight is 328 g/mol. The molecule has 1 aromatic carbocycles. The highest BCUT2D eigenvalue weighted by molar-refractivity contribution is 5.96. The van der Waals surface area contributed by atoms with Crippen molar-refractivity contribution in [2.45, 2.75) is 32.8 Å². The van der Waals surface area contributed by atoms with E-state index in [0.717, 1.165) is 18.6 Å². The van der Waals surface area contributed by atoms with Gasteiger partial charge in [0.1, 0.15) is 11.6 Å². The summed E-state index contributed by atoms with van der Waals surface area (Å²) in [5.74, 6) is -3.01. The Balaban J connectivity index is 2.48. The van der Waals surface area contributed by atoms with E-state index in [4.69, 9.17) is 0 Å². The maximum absolute atomic E-state index is 13.0. The van der Waals surface area contributed by atoms with E-state index in [1.807, 2.05) is 13.8 Å². The number of halogens is 2. The van der Waals surface area contributed by atoms with Crippen molar-refractivity contribution in [3.8, 4) is 0 Å². The zero-order valence-electron chi connectivity index (χ0n) is 13.5. The molecule has 0 spiro atoms. The number of carbonyl (C=O) groups excluding carboxylic acids is 2. The summed E-state index contributed by atoms with van der Waals surface area (Å²) in [5.41, 5.74) is -1.26. The van der Waals surface area contributed by atoms with Gasteiger partial charge in [-0.05, 0) is 25.0 Å². The van der Waals surface area contributed by atoms with Crippen molar-refractivity contribution in [3.63, 3.8) is 0 Å². The van der Waals surface area contributed by atoms with Crippen LogP contribution in [0.1, 0.15) is 37.6 Å². The van der Waals surface area contributed by atoms with Crippen LogP contribution in [-0.2, 0) is 4.79 Å². The lowest BCUT2D eigenvalue weighted by atomic mass is 9.89. The van der Waals surface area contributed by atoms with E-state index in [9.17, 15) is 23.5 Å². The SMILES string of the molecule is CCC(C)C(C)(O)CNC(=O)CNC(=O)c1cc(F)cc(F)c1. The van der Waals surface area contributed by atoms with Gasteiger partial charge in [0.15, 0.2) is 0 Å². The van der Waals surface area contributed by atoms with Gasteiger partial charge in [0.05, 0.1) is 12.1 Å². The molecule has 0 aliphatic carbocycles. The van der Waals surface area contributed by atoms with Crippen LogP contribution in [0.15, 0.2) is 18.2 Å². The lowest BCUT2D eigenvalue weighted by molar-refractivity contribution is -0.121. The first-order valence-electron chi connectivity index (χ1n) is 7.39. The maximum atomic E-state index is 13.0. The molecule has 128 valence electrons. The molecule has 0 fully saturated rings. The fraction of sp³-hybridized carbons (Fsp3) is 0.500. The minimum absolute atomic E-state index is 0.00680. The first-order valence-corrected chi connectivity index (χ1v) is 7.39. The van der Waals surface area contributed by atoms with Gasteiger partial charge in [0.25, 0.3) is 5.91 Å². The van der Waals surface area contributed by atoms with Crippen LogP contribution in [0.3, 0.4) is 0 Å². The molecule has 7 heteroatoms. The second-order valence-corrected chi connectivity index (χ2v) is 5.78. The van der Waals surface area contributed by atoms with Gasteiger partial charge in [-0.3, -0.25) is 9.59 Å². The summed E-state index contributed by atoms with van der Waals surface area (Å²) in [5, 5.41) is 14.9. The van der Waals surface area contributed by atoms with Crippen LogP contribution < -0.4 is 10.6 Å². The quantitative estimate of drug-likeness (QED) is 0.711. The van der Waals surface area contributed by atoms with E-state index < -0.39 is 29.0 Å². The van der Waals surface area contributed by atoms with Gasteiger partial charge in [0, 0.05) is 18.2 Å². The minimum atomic E-state index is -1.06. The summed E-state index contributed by atoms with van der Waals surface area (Å²) in [7, 11) is 0. The van der Waals surface area contributed by atoms with E-state index in [2.05, 4.69) is 10.6 Å². The molecule has 5 nitrogen and oxygen atoms in total. The summed E-state index contributed by atoms with van der Waals surface area (Å²) in [6.45, 7) is 5.11. The predicted octanol–water partition coefficient (Wildman–Crippen LogP) is 1.61. The third-order valence-electron chi connectivity index (χ3n) is 3.85. The highest BCUT2D eigenvalue weighted by Gasteiger charge is 2.27. The van der Waals surface area contributed by atoms with Crippen molar-refractivity contribution in [1.82, 2.24) is 10.6 Å². The van der Waals surface area contributed by atoms with Gasteiger partial charge >= 0.3 is 0 Å². The summed E-state index contributed by atoms with van der Waals surface area (Å²) in [6.07, 6.45) is 0.755. The molecule has 0 saturated carbocycles. The zero-order valence-corrected chi connectivity index (χ0v) is 13.5. The summed E-state index contributed by atoms with van der Waals surface area (Å²) in [6, 6.07) is 2.41. The lowest BCUT2D eigenvalue weighted by Crippen LogP contribution is -2.47. The van der Waals surface area contributed by atoms with Crippen molar-refractivity contribution in [3.05, 3.63) is 35.4 Å². The molecule has 1 aromatic rings. The minimum Gasteiger partial charge on any atom is -0.388 e. The molecule has 23 heavy (non-hydrogen) atoms. The van der Waals surface area contributed by atoms with Crippen molar-refractivity contribution in [2.75, 3.05) is 13.1 Å². The zero-order chi connectivity index (χ0) is 17.6. The van der Waals surface area contributed by atoms with E-state index in [0.29, 0.717) is 6.07 Å². The van der Waals surface area contributed by atoms with E-state index >= 15 is 0 Å². The van der Waals surface area contributed by atoms with E-state index in [1.165, 1.54) is 0 Å². The highest BCUT2D eigenvalue weighted by atomic mass is 19.1. The predicted molar refractivity (Wildman–Crippen MR) is 81.8 cm³/mol. The Morgan fingerprint density at radius 1 is 1.22 bits per heavy atom. The molecule has 0 heterocycles. The number of aliphatic hydroxyl groups is 1. The smallest absolute Gasteiger partial charge is 0.251 e. The number of hydrogen-bond acceptors (Lipinski definition) is 3. The molecule has 0 aromatic heterocycles. The molecule has 1 rings (SSSR count). The normalized spacial score (nSPS) is 14.7. The number of benzene rings is 1. The number of carbonyl (C=O) groups is 2. The van der Waals surface area contributed by atoms with Gasteiger partial charge in [-0.1, -0.05) is 20.3 Å². The first kappa shape index (κ1) is 19.0. The third-order valence-corrected chi connectivity index (χ3v) is 3.85. The Bertz CT molecular complexity index is 556. The van der Waals surface area contributed by atoms with Crippen LogP contribution in [0.25, 0.3) is 0 Å². The summed E-state index contributed by atoms with van der Waals surface area (Å²) in [4.78, 5) is 23.4. The van der Waals surface area contributed by atoms with Crippen LogP contribution in [0.2, 0.25) is 0 Å². The Labute approximate surface area is 134 Å². The van der Waals surface area contributed by atoms with Gasteiger partial charge in [-0.25, -0.2) is 8.78 Å². The van der Waals surface area contributed by atoms with E-state index in [1.54, 1.807) is 6.92 Å². The van der Waals surface area contributed by atoms with Gasteiger partial charge < -0.3 is 15.7 Å². The molecule has 0 bridgehead atoms. The molecule has 0 aliphatic heterocycles. The van der Waals surface area contributed by atoms with Crippen LogP contribution in [0.5, 0.6) is 0 Å². The molecular formula is C16H22F2N2O3. The molecule has 0 aliphatic rings. The molecule has 3 N–H and O–H groups in total. The fourth-order valence-electron chi connectivity index (χ4n) is 1.90. The standard InChI is InChI=1S/C16H22F2N2O3/c1-4-10(2)16(3,23)9-20-14(21)8-19-15(22)11-5-12(17)7-13(18)6-11/h5-7,10,23H,4,8-9H2,1-3H3,(H,19,22)(H,20,21). The van der Waals surface area contributed by atoms with Crippen LogP contribution in [0, 0.1) is 17.6 Å². The lowest BCUT2D eigenvalue weighted by Gasteiger charge is -2.29. The average Bonchev–Trinajstić information content (AvgIpc) is 2.48. The fourth-order valence-corrected chi connectivity index (χ4v) is 1.90. The molecule has 0 radical (unpaired) electrons. The number of nitrogens with one attached hydrogen (secondary N) is 2. The Morgan fingerprint density at radius 3 is 2.30 bits per heavy atom. The van der Waals surface area contributed by atoms with Crippen molar-refractivity contribution in [1.29, 1.82) is 0 Å². The van der Waals surface area contributed by atoms with Crippen LogP contribution >= 0.6 is 0 Å². The largest absolute Gasteiger partial charge is 0.388 e. The molecule has 2 atom stereocenters. The topological polar surface area (TPSA) is 78.4 Å². The van der Waals surface area contributed by atoms with Crippen molar-refractivity contribution >= 4 is 11.8 Å². The van der Waals surface area contributed by atoms with Gasteiger partial charge in [0.2, 0.25) is 5.91 Å². The third kappa shape index (κ3) is 5.94. The highest BCUT2D eigenvalue weighted by Crippen LogP contribution is 2.18. The first-order chi connectivity index (χ1) is 10.7. The van der Waals surface area contributed by atoms with E-state index in [-0.39, 0.29) is 24.6 Å². The van der Waals surface area contributed by atoms with Gasteiger partial charge in [-0.2, -0.15) is 0 Å². The second-order valence-electron chi connectivity index (χ2n) is 5.78. The molecule has 2 unspecified atom stereocenters. The summed E-state index contributed by atoms with van der Waals surface area (Å²) < 4.78 is 26.0. The maximum Gasteiger partial charge on any atom is 0.251 e. The van der Waals surface area contributed by atoms with Crippen molar-refractivity contribution < 1.29 is 23.5 Å². The Kier molecular flexibility index (Phi) is 6.62. The molecule has 0 saturated heterocycles. The number of amides is 2. The number of rotatable bonds is 7. The Morgan fingerprint density at radius 2 is 1.78 bits per heavy atom. The molecular weight excluding hydrogens is 306 g/mol. The van der Waals surface area contributed by atoms with Gasteiger partial charge in [-0.15, -0.1) is 0 Å². The number of hydrogen-bond donors (Lipinski definition) is 3. The second kappa shape index (κ2) is 8.01. The Hall–Kier alpha value is -2.02. The monoisotopic (exact) mass is 328 g/mol. The summed E-state index contributed by atoms with van der Waals surface area (Å²) >= 11 is 0. The van der Waals surface area contributed by atoms with Crippen LogP contribution in [-0.4, -0.2) is 35.6 Å².